The van der Waals surface area contributed by atoms with E-state index in [-0.39, 0.29) is 23.9 Å². The van der Waals surface area contributed by atoms with Crippen molar-refractivity contribution < 1.29 is 9.47 Å². The van der Waals surface area contributed by atoms with Gasteiger partial charge in [0.25, 0.3) is 5.88 Å². The molecule has 0 aliphatic heterocycles. The van der Waals surface area contributed by atoms with Crippen molar-refractivity contribution in [1.29, 1.82) is 5.26 Å². The van der Waals surface area contributed by atoms with Crippen LogP contribution in [0.25, 0.3) is 0 Å². The van der Waals surface area contributed by atoms with E-state index >= 15 is 0 Å². The molecule has 1 aromatic heterocycles. The zero-order chi connectivity index (χ0) is 15.2. The van der Waals surface area contributed by atoms with E-state index in [0.29, 0.717) is 18.2 Å². The number of anilines is 1. The van der Waals surface area contributed by atoms with Gasteiger partial charge >= 0.3 is 0 Å². The molecule has 0 bridgehead atoms. The summed E-state index contributed by atoms with van der Waals surface area (Å²) < 4.78 is 12.0. The number of nitrogens with zero attached hydrogens (tertiary/aromatic N) is 3. The molecule has 0 spiro atoms. The summed E-state index contributed by atoms with van der Waals surface area (Å²) in [5.74, 6) is 0.467. The minimum Gasteiger partial charge on any atom is -0.471 e. The third-order valence-electron chi connectivity index (χ3n) is 2.90. The minimum absolute atomic E-state index is 0.200. The van der Waals surface area contributed by atoms with Crippen LogP contribution >= 0.6 is 11.6 Å². The SMILES string of the molecule is COCCn1nc(OCc2ccccc2Cl)c(C#N)c1N. The van der Waals surface area contributed by atoms with E-state index in [1.165, 1.54) is 4.68 Å². The van der Waals surface area contributed by atoms with Crippen molar-refractivity contribution in [3.8, 4) is 11.9 Å². The van der Waals surface area contributed by atoms with Gasteiger partial charge < -0.3 is 15.2 Å². The van der Waals surface area contributed by atoms with E-state index in [9.17, 15) is 0 Å². The van der Waals surface area contributed by atoms with Crippen LogP contribution in [0.4, 0.5) is 5.82 Å². The van der Waals surface area contributed by atoms with E-state index in [4.69, 9.17) is 32.1 Å². The van der Waals surface area contributed by atoms with Gasteiger partial charge in [-0.2, -0.15) is 5.26 Å². The lowest BCUT2D eigenvalue weighted by molar-refractivity contribution is 0.183. The quantitative estimate of drug-likeness (QED) is 0.884. The highest BCUT2D eigenvalue weighted by Gasteiger charge is 2.17. The first-order valence-corrected chi connectivity index (χ1v) is 6.66. The van der Waals surface area contributed by atoms with Gasteiger partial charge in [-0.3, -0.25) is 0 Å². The predicted molar refractivity (Wildman–Crippen MR) is 79.0 cm³/mol. The van der Waals surface area contributed by atoms with Crippen LogP contribution in [0.3, 0.4) is 0 Å². The summed E-state index contributed by atoms with van der Waals surface area (Å²) in [5, 5.41) is 14.0. The highest BCUT2D eigenvalue weighted by Crippen LogP contribution is 2.24. The molecule has 6 nitrogen and oxygen atoms in total. The molecule has 0 aliphatic carbocycles. The van der Waals surface area contributed by atoms with E-state index in [2.05, 4.69) is 5.10 Å². The average Bonchev–Trinajstić information content (AvgIpc) is 2.79. The largest absolute Gasteiger partial charge is 0.471 e. The van der Waals surface area contributed by atoms with Crippen molar-refractivity contribution in [2.75, 3.05) is 19.5 Å². The van der Waals surface area contributed by atoms with E-state index < -0.39 is 0 Å². The van der Waals surface area contributed by atoms with Crippen molar-refractivity contribution in [1.82, 2.24) is 9.78 Å². The predicted octanol–water partition coefficient (Wildman–Crippen LogP) is 2.22. The maximum Gasteiger partial charge on any atom is 0.253 e. The molecule has 0 atom stereocenters. The Morgan fingerprint density at radius 3 is 2.86 bits per heavy atom. The maximum atomic E-state index is 9.17. The molecule has 0 unspecified atom stereocenters. The number of halogens is 1. The van der Waals surface area contributed by atoms with Crippen molar-refractivity contribution in [2.45, 2.75) is 13.2 Å². The number of hydrogen-bond acceptors (Lipinski definition) is 5. The Morgan fingerprint density at radius 1 is 1.43 bits per heavy atom. The molecule has 0 amide bonds. The van der Waals surface area contributed by atoms with Gasteiger partial charge in [-0.15, -0.1) is 5.10 Å². The highest BCUT2D eigenvalue weighted by molar-refractivity contribution is 6.31. The second-order valence-electron chi connectivity index (χ2n) is 4.27. The van der Waals surface area contributed by atoms with Crippen molar-refractivity contribution in [3.63, 3.8) is 0 Å². The Balaban J connectivity index is 2.16. The van der Waals surface area contributed by atoms with Crippen LogP contribution in [-0.2, 0) is 17.9 Å². The highest BCUT2D eigenvalue weighted by atomic mass is 35.5. The molecule has 0 radical (unpaired) electrons. The molecule has 1 heterocycles. The topological polar surface area (TPSA) is 86.1 Å². The fourth-order valence-electron chi connectivity index (χ4n) is 1.77. The van der Waals surface area contributed by atoms with E-state index in [1.54, 1.807) is 13.2 Å². The van der Waals surface area contributed by atoms with Gasteiger partial charge in [-0.05, 0) is 6.07 Å². The standard InChI is InChI=1S/C14H15ClN4O2/c1-20-7-6-19-13(17)11(8-16)14(18-19)21-9-10-4-2-3-5-12(10)15/h2-5H,6-7,9,17H2,1H3. The maximum absolute atomic E-state index is 9.17. The second kappa shape index (κ2) is 6.97. The van der Waals surface area contributed by atoms with Crippen LogP contribution in [-0.4, -0.2) is 23.5 Å². The summed E-state index contributed by atoms with van der Waals surface area (Å²) in [6, 6.07) is 9.33. The first-order chi connectivity index (χ1) is 10.2. The van der Waals surface area contributed by atoms with Crippen LogP contribution in [0.2, 0.25) is 5.02 Å². The Bertz CT molecular complexity index is 663. The Hall–Kier alpha value is -2.23. The summed E-state index contributed by atoms with van der Waals surface area (Å²) in [7, 11) is 1.58. The number of ether oxygens (including phenoxy) is 2. The van der Waals surface area contributed by atoms with Gasteiger partial charge in [-0.1, -0.05) is 29.8 Å². The lowest BCUT2D eigenvalue weighted by Crippen LogP contribution is -2.09. The number of methoxy groups -OCH3 is 1. The van der Waals surface area contributed by atoms with Crippen LogP contribution in [0.1, 0.15) is 11.1 Å². The summed E-state index contributed by atoms with van der Waals surface area (Å²) in [6.07, 6.45) is 0. The molecule has 0 saturated carbocycles. The first kappa shape index (κ1) is 15.2. The van der Waals surface area contributed by atoms with Crippen molar-refractivity contribution in [2.24, 2.45) is 0 Å². The molecule has 21 heavy (non-hydrogen) atoms. The van der Waals surface area contributed by atoms with Crippen LogP contribution in [0, 0.1) is 11.3 Å². The van der Waals surface area contributed by atoms with E-state index in [0.717, 1.165) is 5.56 Å². The molecule has 2 rings (SSSR count). The molecule has 1 aromatic carbocycles. The molecule has 110 valence electrons. The molecular formula is C14H15ClN4O2. The number of benzene rings is 1. The van der Waals surface area contributed by atoms with Crippen molar-refractivity contribution in [3.05, 3.63) is 40.4 Å². The molecule has 0 aliphatic rings. The van der Waals surface area contributed by atoms with E-state index in [1.807, 2.05) is 24.3 Å². The second-order valence-corrected chi connectivity index (χ2v) is 4.68. The molecule has 0 saturated heterocycles. The van der Waals surface area contributed by atoms with Crippen LogP contribution < -0.4 is 10.5 Å². The van der Waals surface area contributed by atoms with Crippen LogP contribution in [0.15, 0.2) is 24.3 Å². The third kappa shape index (κ3) is 3.45. The monoisotopic (exact) mass is 306 g/mol. The first-order valence-electron chi connectivity index (χ1n) is 6.29. The fraction of sp³-hybridized carbons (Fsp3) is 0.286. The molecule has 7 heteroatoms. The summed E-state index contributed by atoms with van der Waals surface area (Å²) in [5.41, 5.74) is 6.90. The number of aromatic nitrogens is 2. The number of hydrogen-bond donors (Lipinski definition) is 1. The number of rotatable bonds is 6. The van der Waals surface area contributed by atoms with Gasteiger partial charge in [0.15, 0.2) is 5.56 Å². The fourth-order valence-corrected chi connectivity index (χ4v) is 1.96. The van der Waals surface area contributed by atoms with Crippen molar-refractivity contribution >= 4 is 17.4 Å². The number of nitriles is 1. The van der Waals surface area contributed by atoms with Crippen LogP contribution in [0.5, 0.6) is 5.88 Å². The Morgan fingerprint density at radius 2 is 2.19 bits per heavy atom. The zero-order valence-electron chi connectivity index (χ0n) is 11.5. The smallest absolute Gasteiger partial charge is 0.253 e. The van der Waals surface area contributed by atoms with Gasteiger partial charge in [0.1, 0.15) is 18.5 Å². The molecule has 0 fully saturated rings. The summed E-state index contributed by atoms with van der Waals surface area (Å²) in [6.45, 7) is 1.11. The Kier molecular flexibility index (Phi) is 5.04. The average molecular weight is 307 g/mol. The normalized spacial score (nSPS) is 10.3. The zero-order valence-corrected chi connectivity index (χ0v) is 12.3. The lowest BCUT2D eigenvalue weighted by Gasteiger charge is -2.05. The minimum atomic E-state index is 0.200. The number of nitrogen functional groups attached to an aromatic ring is 1. The lowest BCUT2D eigenvalue weighted by atomic mass is 10.2. The summed E-state index contributed by atoms with van der Waals surface area (Å²) >= 11 is 6.06. The van der Waals surface area contributed by atoms with Gasteiger partial charge in [0, 0.05) is 17.7 Å². The summed E-state index contributed by atoms with van der Waals surface area (Å²) in [4.78, 5) is 0. The molecular weight excluding hydrogens is 292 g/mol. The molecule has 2 N–H and O–H groups in total. The van der Waals surface area contributed by atoms with Gasteiger partial charge in [0.2, 0.25) is 0 Å². The Labute approximate surface area is 127 Å². The van der Waals surface area contributed by atoms with Gasteiger partial charge in [0.05, 0.1) is 13.2 Å². The third-order valence-corrected chi connectivity index (χ3v) is 3.27. The number of nitrogens with two attached hydrogens (primary N) is 1. The molecule has 2 aromatic rings. The van der Waals surface area contributed by atoms with Gasteiger partial charge in [-0.25, -0.2) is 4.68 Å².